The molecule has 1 aliphatic carbocycles. The predicted molar refractivity (Wildman–Crippen MR) is 114 cm³/mol. The molecule has 3 aromatic rings. The van der Waals surface area contributed by atoms with Crippen LogP contribution in [-0.4, -0.2) is 29.9 Å². The Morgan fingerprint density at radius 2 is 1.70 bits per heavy atom. The number of carbonyl (C=O) groups is 1. The lowest BCUT2D eigenvalue weighted by molar-refractivity contribution is 0.0949. The monoisotopic (exact) mass is 407 g/mol. The number of methoxy groups -OCH3 is 2. The van der Waals surface area contributed by atoms with E-state index in [0.29, 0.717) is 28.1 Å². The number of carbonyl (C=O) groups excluding carboxylic acids is 1. The summed E-state index contributed by atoms with van der Waals surface area (Å²) in [5.74, 6) is 0.812. The van der Waals surface area contributed by atoms with Crippen LogP contribution >= 0.6 is 0 Å². The Morgan fingerprint density at radius 3 is 2.33 bits per heavy atom. The number of benzene rings is 2. The highest BCUT2D eigenvalue weighted by Gasteiger charge is 2.21. The molecule has 1 aromatic heterocycles. The summed E-state index contributed by atoms with van der Waals surface area (Å²) < 4.78 is 12.1. The second-order valence-corrected chi connectivity index (χ2v) is 7.46. The minimum Gasteiger partial charge on any atom is -0.497 e. The van der Waals surface area contributed by atoms with Crippen molar-refractivity contribution in [1.82, 2.24) is 15.1 Å². The lowest BCUT2D eigenvalue weighted by Crippen LogP contribution is -2.30. The molecule has 7 heteroatoms. The highest BCUT2D eigenvalue weighted by molar-refractivity contribution is 5.95. The number of fused-ring (bicyclic) bond motifs is 1. The molecule has 1 saturated carbocycles. The van der Waals surface area contributed by atoms with Gasteiger partial charge in [0.1, 0.15) is 11.5 Å². The quantitative estimate of drug-likeness (QED) is 0.677. The molecule has 0 spiro atoms. The second kappa shape index (κ2) is 8.57. The summed E-state index contributed by atoms with van der Waals surface area (Å²) in [6.45, 7) is 0.214. The molecule has 0 atom stereocenters. The molecule has 2 aromatic carbocycles. The fraction of sp³-hybridized carbons (Fsp3) is 0.348. The average Bonchev–Trinajstić information content (AvgIpc) is 3.32. The van der Waals surface area contributed by atoms with E-state index in [2.05, 4.69) is 10.4 Å². The van der Waals surface area contributed by atoms with E-state index in [4.69, 9.17) is 9.47 Å². The van der Waals surface area contributed by atoms with Crippen LogP contribution in [0.15, 0.2) is 47.3 Å². The van der Waals surface area contributed by atoms with Crippen LogP contribution in [0, 0.1) is 0 Å². The Bertz CT molecular complexity index is 1110. The van der Waals surface area contributed by atoms with Gasteiger partial charge in [-0.3, -0.25) is 9.59 Å². The Balaban J connectivity index is 1.65. The molecule has 7 nitrogen and oxygen atoms in total. The van der Waals surface area contributed by atoms with Crippen LogP contribution in [0.5, 0.6) is 11.5 Å². The summed E-state index contributed by atoms with van der Waals surface area (Å²) in [6.07, 6.45) is 4.13. The summed E-state index contributed by atoms with van der Waals surface area (Å²) in [7, 11) is 3.08. The predicted octanol–water partition coefficient (Wildman–Crippen LogP) is 3.46. The van der Waals surface area contributed by atoms with Gasteiger partial charge in [-0.05, 0) is 31.0 Å². The molecule has 156 valence electrons. The van der Waals surface area contributed by atoms with E-state index >= 15 is 0 Å². The average molecular weight is 407 g/mol. The standard InChI is InChI=1S/C23H25N3O4/c1-29-17-11-15(12-18(13-17)30-2)22(27)24-14-21-19-9-5-6-10-20(19)23(28)26(25-21)16-7-3-4-8-16/h5-6,9-13,16H,3-4,7-8,14H2,1-2H3,(H,24,27). The maximum atomic E-state index is 13.0. The van der Waals surface area contributed by atoms with Gasteiger partial charge in [-0.15, -0.1) is 0 Å². The van der Waals surface area contributed by atoms with Crippen molar-refractivity contribution >= 4 is 16.7 Å². The molecular weight excluding hydrogens is 382 g/mol. The number of hydrogen-bond donors (Lipinski definition) is 1. The lowest BCUT2D eigenvalue weighted by Gasteiger charge is -2.16. The lowest BCUT2D eigenvalue weighted by atomic mass is 10.1. The van der Waals surface area contributed by atoms with Crippen LogP contribution in [0.4, 0.5) is 0 Å². The number of hydrogen-bond acceptors (Lipinski definition) is 5. The highest BCUT2D eigenvalue weighted by atomic mass is 16.5. The van der Waals surface area contributed by atoms with E-state index in [1.54, 1.807) is 37.1 Å². The van der Waals surface area contributed by atoms with Gasteiger partial charge in [-0.1, -0.05) is 31.0 Å². The van der Waals surface area contributed by atoms with Gasteiger partial charge >= 0.3 is 0 Å². The van der Waals surface area contributed by atoms with E-state index in [9.17, 15) is 9.59 Å². The Morgan fingerprint density at radius 1 is 1.07 bits per heavy atom. The zero-order valence-electron chi connectivity index (χ0n) is 17.2. The first-order valence-corrected chi connectivity index (χ1v) is 10.1. The largest absolute Gasteiger partial charge is 0.497 e. The Labute approximate surface area is 174 Å². The van der Waals surface area contributed by atoms with Crippen LogP contribution in [0.2, 0.25) is 0 Å². The Hall–Kier alpha value is -3.35. The number of ether oxygens (including phenoxy) is 2. The molecule has 1 fully saturated rings. The first-order chi connectivity index (χ1) is 14.6. The van der Waals surface area contributed by atoms with Gasteiger partial charge in [0.05, 0.1) is 37.9 Å². The number of nitrogens with one attached hydrogen (secondary N) is 1. The summed E-state index contributed by atoms with van der Waals surface area (Å²) in [5.41, 5.74) is 1.05. The normalized spacial score (nSPS) is 14.1. The first kappa shape index (κ1) is 19.9. The molecule has 0 unspecified atom stereocenters. The van der Waals surface area contributed by atoms with Gasteiger partial charge in [-0.25, -0.2) is 4.68 Å². The fourth-order valence-electron chi connectivity index (χ4n) is 4.01. The summed E-state index contributed by atoms with van der Waals surface area (Å²) in [5, 5.41) is 8.97. The molecule has 1 N–H and O–H groups in total. The van der Waals surface area contributed by atoms with Gasteiger partial charge in [0.25, 0.3) is 11.5 Å². The third-order valence-electron chi connectivity index (χ3n) is 5.61. The second-order valence-electron chi connectivity index (χ2n) is 7.46. The van der Waals surface area contributed by atoms with Gasteiger partial charge < -0.3 is 14.8 Å². The number of nitrogens with zero attached hydrogens (tertiary/aromatic N) is 2. The van der Waals surface area contributed by atoms with Crippen molar-refractivity contribution < 1.29 is 14.3 Å². The molecule has 1 aliphatic rings. The third-order valence-corrected chi connectivity index (χ3v) is 5.61. The number of rotatable bonds is 6. The van der Waals surface area contributed by atoms with Gasteiger partial charge in [0.2, 0.25) is 0 Å². The summed E-state index contributed by atoms with van der Waals surface area (Å²) in [6, 6.07) is 12.6. The van der Waals surface area contributed by atoms with Gasteiger partial charge in [-0.2, -0.15) is 5.10 Å². The maximum absolute atomic E-state index is 13.0. The van der Waals surface area contributed by atoms with Crippen molar-refractivity contribution in [2.24, 2.45) is 0 Å². The van der Waals surface area contributed by atoms with Crippen molar-refractivity contribution in [2.45, 2.75) is 38.3 Å². The van der Waals surface area contributed by atoms with E-state index in [1.165, 1.54) is 0 Å². The summed E-state index contributed by atoms with van der Waals surface area (Å²) in [4.78, 5) is 25.7. The zero-order valence-corrected chi connectivity index (χ0v) is 17.2. The topological polar surface area (TPSA) is 82.4 Å². The molecule has 0 aliphatic heterocycles. The smallest absolute Gasteiger partial charge is 0.274 e. The minimum atomic E-state index is -0.267. The molecule has 30 heavy (non-hydrogen) atoms. The fourth-order valence-corrected chi connectivity index (χ4v) is 4.01. The van der Waals surface area contributed by atoms with E-state index < -0.39 is 0 Å². The van der Waals surface area contributed by atoms with E-state index in [0.717, 1.165) is 31.1 Å². The molecule has 1 amide bonds. The molecule has 0 saturated heterocycles. The van der Waals surface area contributed by atoms with Crippen LogP contribution < -0.4 is 20.3 Å². The number of amides is 1. The van der Waals surface area contributed by atoms with Gasteiger partial charge in [0, 0.05) is 17.0 Å². The van der Waals surface area contributed by atoms with Crippen molar-refractivity contribution in [3.05, 3.63) is 64.1 Å². The van der Waals surface area contributed by atoms with Crippen molar-refractivity contribution in [1.29, 1.82) is 0 Å². The molecular formula is C23H25N3O4. The van der Waals surface area contributed by atoms with E-state index in [1.807, 2.05) is 24.3 Å². The zero-order chi connectivity index (χ0) is 21.1. The van der Waals surface area contributed by atoms with Crippen molar-refractivity contribution in [3.63, 3.8) is 0 Å². The highest BCUT2D eigenvalue weighted by Crippen LogP contribution is 2.28. The van der Waals surface area contributed by atoms with Crippen molar-refractivity contribution in [3.8, 4) is 11.5 Å². The van der Waals surface area contributed by atoms with Crippen LogP contribution in [-0.2, 0) is 6.54 Å². The summed E-state index contributed by atoms with van der Waals surface area (Å²) >= 11 is 0. The molecule has 0 bridgehead atoms. The number of aromatic nitrogens is 2. The van der Waals surface area contributed by atoms with Gasteiger partial charge in [0.15, 0.2) is 0 Å². The van der Waals surface area contributed by atoms with Crippen LogP contribution in [0.25, 0.3) is 10.8 Å². The molecule has 1 heterocycles. The van der Waals surface area contributed by atoms with E-state index in [-0.39, 0.29) is 24.1 Å². The molecule has 4 rings (SSSR count). The maximum Gasteiger partial charge on any atom is 0.274 e. The van der Waals surface area contributed by atoms with Crippen LogP contribution in [0.1, 0.15) is 47.8 Å². The third kappa shape index (κ3) is 3.87. The molecule has 0 radical (unpaired) electrons. The van der Waals surface area contributed by atoms with Crippen LogP contribution in [0.3, 0.4) is 0 Å². The SMILES string of the molecule is COc1cc(OC)cc(C(=O)NCc2nn(C3CCCC3)c(=O)c3ccccc23)c1. The Kier molecular flexibility index (Phi) is 5.70. The first-order valence-electron chi connectivity index (χ1n) is 10.1. The van der Waals surface area contributed by atoms with Crippen molar-refractivity contribution in [2.75, 3.05) is 14.2 Å². The minimum absolute atomic E-state index is 0.0647.